The van der Waals surface area contributed by atoms with Crippen molar-refractivity contribution in [1.29, 1.82) is 0 Å². The van der Waals surface area contributed by atoms with Crippen LogP contribution in [0.4, 0.5) is 0 Å². The summed E-state index contributed by atoms with van der Waals surface area (Å²) in [4.78, 5) is 12.4. The molecule has 27 heavy (non-hydrogen) atoms. The third-order valence-corrected chi connectivity index (χ3v) is 7.27. The fourth-order valence-corrected chi connectivity index (χ4v) is 5.37. The lowest BCUT2D eigenvalue weighted by Crippen LogP contribution is -2.31. The van der Waals surface area contributed by atoms with Crippen LogP contribution in [0.5, 0.6) is 0 Å². The topological polar surface area (TPSA) is 66.2 Å². The van der Waals surface area contributed by atoms with E-state index in [0.717, 1.165) is 30.9 Å². The van der Waals surface area contributed by atoms with Crippen LogP contribution in [0.15, 0.2) is 6.20 Å². The van der Waals surface area contributed by atoms with E-state index in [0.29, 0.717) is 31.3 Å². The molecule has 6 nitrogen and oxygen atoms in total. The molecule has 2 saturated heterocycles. The van der Waals surface area contributed by atoms with E-state index in [2.05, 4.69) is 16.5 Å². The molecule has 2 aliphatic carbocycles. The Labute approximate surface area is 161 Å². The molecule has 0 spiro atoms. The number of hydrogen-bond acceptors (Lipinski definition) is 5. The molecule has 3 heterocycles. The summed E-state index contributed by atoms with van der Waals surface area (Å²) in [5, 5.41) is 8.83. The van der Waals surface area contributed by atoms with E-state index in [1.165, 1.54) is 38.5 Å². The molecule has 6 heteroatoms. The molecule has 4 aliphatic rings. The number of rotatable bonds is 6. The number of nitrogens with zero attached hydrogens (tertiary/aromatic N) is 3. The fraction of sp³-hybridized carbons (Fsp3) is 0.857. The maximum absolute atomic E-state index is 12.4. The molecule has 2 aliphatic heterocycles. The number of carbonyl (C=O) groups excluding carboxylic acids is 1. The number of aromatic nitrogens is 3. The van der Waals surface area contributed by atoms with Crippen molar-refractivity contribution in [1.82, 2.24) is 15.0 Å². The summed E-state index contributed by atoms with van der Waals surface area (Å²) in [6.07, 6.45) is 13.9. The molecule has 4 unspecified atom stereocenters. The number of Topliss-reactive ketones (excluding diaryl/α,β-unsaturated/α-hetero) is 1. The first-order valence-corrected chi connectivity index (χ1v) is 10.9. The summed E-state index contributed by atoms with van der Waals surface area (Å²) in [7, 11) is 0. The SMILES string of the molecule is O=C(CC1COC2C1OCC2n1cc(CC2CCCCC2)nn1)C1CCC1. The fourth-order valence-electron chi connectivity index (χ4n) is 5.37. The summed E-state index contributed by atoms with van der Waals surface area (Å²) in [6.45, 7) is 1.24. The molecule has 148 valence electrons. The largest absolute Gasteiger partial charge is 0.373 e. The summed E-state index contributed by atoms with van der Waals surface area (Å²) in [5.74, 6) is 1.69. The maximum Gasteiger partial charge on any atom is 0.136 e. The first kappa shape index (κ1) is 17.8. The van der Waals surface area contributed by atoms with Gasteiger partial charge in [0.2, 0.25) is 0 Å². The lowest BCUT2D eigenvalue weighted by molar-refractivity contribution is -0.126. The number of fused-ring (bicyclic) bond motifs is 1. The van der Waals surface area contributed by atoms with Crippen molar-refractivity contribution in [3.05, 3.63) is 11.9 Å². The van der Waals surface area contributed by atoms with Gasteiger partial charge in [-0.05, 0) is 25.2 Å². The van der Waals surface area contributed by atoms with Crippen molar-refractivity contribution in [2.24, 2.45) is 17.8 Å². The number of ketones is 1. The van der Waals surface area contributed by atoms with Gasteiger partial charge in [0.15, 0.2) is 0 Å². The number of hydrogen-bond donors (Lipinski definition) is 0. The van der Waals surface area contributed by atoms with Gasteiger partial charge in [0.1, 0.15) is 17.9 Å². The standard InChI is InChI=1S/C21H31N3O3/c25-19(15-7-4-8-15)10-16-12-26-21-18(13-27-20(16)21)24-11-17(22-23-24)9-14-5-2-1-3-6-14/h11,14-16,18,20-21H,1-10,12-13H2. The van der Waals surface area contributed by atoms with Gasteiger partial charge in [-0.15, -0.1) is 5.10 Å². The number of ether oxygens (including phenoxy) is 2. The minimum atomic E-state index is 0.00780. The van der Waals surface area contributed by atoms with E-state index in [1.54, 1.807) is 0 Å². The molecule has 0 bridgehead atoms. The molecule has 0 aromatic carbocycles. The summed E-state index contributed by atoms with van der Waals surface area (Å²) >= 11 is 0. The van der Waals surface area contributed by atoms with Gasteiger partial charge in [0.25, 0.3) is 0 Å². The molecule has 2 saturated carbocycles. The van der Waals surface area contributed by atoms with Crippen molar-refractivity contribution >= 4 is 5.78 Å². The molecule has 0 radical (unpaired) electrons. The highest BCUT2D eigenvalue weighted by atomic mass is 16.6. The van der Waals surface area contributed by atoms with Crippen LogP contribution in [-0.4, -0.2) is 46.2 Å². The van der Waals surface area contributed by atoms with Gasteiger partial charge < -0.3 is 9.47 Å². The van der Waals surface area contributed by atoms with Crippen LogP contribution < -0.4 is 0 Å². The van der Waals surface area contributed by atoms with Gasteiger partial charge >= 0.3 is 0 Å². The third kappa shape index (κ3) is 3.58. The first-order valence-electron chi connectivity index (χ1n) is 10.9. The maximum atomic E-state index is 12.4. The van der Waals surface area contributed by atoms with E-state index >= 15 is 0 Å². The van der Waals surface area contributed by atoms with Crippen LogP contribution in [0.25, 0.3) is 0 Å². The second-order valence-electron chi connectivity index (χ2n) is 9.12. The second kappa shape index (κ2) is 7.63. The van der Waals surface area contributed by atoms with Crippen molar-refractivity contribution in [3.63, 3.8) is 0 Å². The summed E-state index contributed by atoms with van der Waals surface area (Å²) in [6, 6.07) is 0.0893. The van der Waals surface area contributed by atoms with E-state index in [-0.39, 0.29) is 24.2 Å². The van der Waals surface area contributed by atoms with Gasteiger partial charge in [-0.25, -0.2) is 4.68 Å². The van der Waals surface area contributed by atoms with Crippen LogP contribution >= 0.6 is 0 Å². The average Bonchev–Trinajstić information content (AvgIpc) is 3.32. The van der Waals surface area contributed by atoms with Crippen molar-refractivity contribution < 1.29 is 14.3 Å². The molecule has 0 amide bonds. The van der Waals surface area contributed by atoms with Crippen molar-refractivity contribution in [2.45, 2.75) is 82.5 Å². The highest BCUT2D eigenvalue weighted by Gasteiger charge is 2.49. The van der Waals surface area contributed by atoms with Gasteiger partial charge in [-0.1, -0.05) is 43.7 Å². The molecule has 0 N–H and O–H groups in total. The van der Waals surface area contributed by atoms with Gasteiger partial charge in [0, 0.05) is 24.5 Å². The Morgan fingerprint density at radius 2 is 1.85 bits per heavy atom. The lowest BCUT2D eigenvalue weighted by atomic mass is 9.79. The Morgan fingerprint density at radius 1 is 1.04 bits per heavy atom. The highest BCUT2D eigenvalue weighted by molar-refractivity contribution is 5.82. The van der Waals surface area contributed by atoms with Crippen LogP contribution in [0.3, 0.4) is 0 Å². The normalized spacial score (nSPS) is 34.5. The summed E-state index contributed by atoms with van der Waals surface area (Å²) < 4.78 is 14.1. The van der Waals surface area contributed by atoms with E-state index in [9.17, 15) is 4.79 Å². The van der Waals surface area contributed by atoms with Crippen LogP contribution in [-0.2, 0) is 20.7 Å². The summed E-state index contributed by atoms with van der Waals surface area (Å²) in [5.41, 5.74) is 1.10. The van der Waals surface area contributed by atoms with Gasteiger partial charge in [-0.3, -0.25) is 4.79 Å². The average molecular weight is 373 g/mol. The molecule has 1 aromatic heterocycles. The van der Waals surface area contributed by atoms with Gasteiger partial charge in [-0.2, -0.15) is 0 Å². The second-order valence-corrected chi connectivity index (χ2v) is 9.12. The Morgan fingerprint density at radius 3 is 2.63 bits per heavy atom. The highest BCUT2D eigenvalue weighted by Crippen LogP contribution is 2.40. The van der Waals surface area contributed by atoms with Crippen LogP contribution in [0.2, 0.25) is 0 Å². The molecule has 4 atom stereocenters. The minimum absolute atomic E-state index is 0.00780. The zero-order valence-corrected chi connectivity index (χ0v) is 16.1. The monoisotopic (exact) mass is 373 g/mol. The Kier molecular flexibility index (Phi) is 5.03. The lowest BCUT2D eigenvalue weighted by Gasteiger charge is -2.25. The zero-order valence-electron chi connectivity index (χ0n) is 16.1. The van der Waals surface area contributed by atoms with Crippen LogP contribution in [0.1, 0.15) is 69.5 Å². The van der Waals surface area contributed by atoms with Crippen molar-refractivity contribution in [2.75, 3.05) is 13.2 Å². The van der Waals surface area contributed by atoms with Crippen LogP contribution in [0, 0.1) is 17.8 Å². The van der Waals surface area contributed by atoms with E-state index < -0.39 is 0 Å². The molecule has 4 fully saturated rings. The molecule has 1 aromatic rings. The zero-order chi connectivity index (χ0) is 18.2. The van der Waals surface area contributed by atoms with E-state index in [4.69, 9.17) is 9.47 Å². The Bertz CT molecular complexity index is 665. The molecule has 5 rings (SSSR count). The number of carbonyl (C=O) groups is 1. The minimum Gasteiger partial charge on any atom is -0.373 e. The molecular weight excluding hydrogens is 342 g/mol. The third-order valence-electron chi connectivity index (χ3n) is 7.27. The Hall–Kier alpha value is -1.27. The quantitative estimate of drug-likeness (QED) is 0.766. The predicted molar refractivity (Wildman–Crippen MR) is 99.3 cm³/mol. The predicted octanol–water partition coefficient (Wildman–Crippen LogP) is 3.12. The first-order chi connectivity index (χ1) is 13.3. The van der Waals surface area contributed by atoms with Gasteiger partial charge in [0.05, 0.1) is 25.0 Å². The Balaban J connectivity index is 1.19. The van der Waals surface area contributed by atoms with Crippen molar-refractivity contribution in [3.8, 4) is 0 Å². The smallest absolute Gasteiger partial charge is 0.136 e. The van der Waals surface area contributed by atoms with E-state index in [1.807, 2.05) is 4.68 Å². The molecular formula is C21H31N3O3.